The molecule has 2 radical (unpaired) electrons. The third-order valence-electron chi connectivity index (χ3n) is 0.870. The van der Waals surface area contributed by atoms with Crippen molar-refractivity contribution in [2.75, 3.05) is 0 Å². The van der Waals surface area contributed by atoms with Gasteiger partial charge in [-0.1, -0.05) is 17.6 Å². The lowest BCUT2D eigenvalue weighted by atomic mass is 9.97. The second-order valence-corrected chi connectivity index (χ2v) is 1.55. The van der Waals surface area contributed by atoms with Crippen LogP contribution in [0.15, 0.2) is 24.3 Å². The summed E-state index contributed by atoms with van der Waals surface area (Å²) in [4.78, 5) is 0. The molecule has 1 aromatic carbocycles. The summed E-state index contributed by atoms with van der Waals surface area (Å²) in [5.74, 6) is -0.251. The Morgan fingerprint density at radius 2 is 1.62 bits per heavy atom. The fourth-order valence-electron chi connectivity index (χ4n) is 0.463. The Bertz CT molecular complexity index is 147. The summed E-state index contributed by atoms with van der Waals surface area (Å²) < 4.78 is 12.0. The molecule has 0 heterocycles. The van der Waals surface area contributed by atoms with Crippen LogP contribution in [0.2, 0.25) is 0 Å². The van der Waals surface area contributed by atoms with Crippen molar-refractivity contribution in [3.63, 3.8) is 0 Å². The normalized spacial score (nSPS) is 9.12. The Morgan fingerprint density at radius 3 is 2.00 bits per heavy atom. The van der Waals surface area contributed by atoms with Gasteiger partial charge in [-0.15, -0.1) is 0 Å². The van der Waals surface area contributed by atoms with Crippen LogP contribution in [0.5, 0.6) is 0 Å². The molecule has 0 amide bonds. The first-order chi connectivity index (χ1) is 3.79. The maximum absolute atomic E-state index is 12.0. The van der Waals surface area contributed by atoms with Gasteiger partial charge >= 0.3 is 0 Å². The SMILES string of the molecule is [B]c1ccc(F)cc1. The van der Waals surface area contributed by atoms with Gasteiger partial charge in [-0.2, -0.15) is 0 Å². The summed E-state index contributed by atoms with van der Waals surface area (Å²) in [6, 6.07) is 5.70. The van der Waals surface area contributed by atoms with Crippen molar-refractivity contribution in [2.45, 2.75) is 0 Å². The van der Waals surface area contributed by atoms with Crippen LogP contribution in [0, 0.1) is 5.82 Å². The van der Waals surface area contributed by atoms with Gasteiger partial charge in [0.1, 0.15) is 13.7 Å². The van der Waals surface area contributed by atoms with Crippen molar-refractivity contribution in [3.8, 4) is 0 Å². The third-order valence-corrected chi connectivity index (χ3v) is 0.870. The summed E-state index contributed by atoms with van der Waals surface area (Å²) in [6.45, 7) is 0. The molecule has 0 spiro atoms. The lowest BCUT2D eigenvalue weighted by Gasteiger charge is -1.87. The van der Waals surface area contributed by atoms with E-state index in [0.29, 0.717) is 5.46 Å². The summed E-state index contributed by atoms with van der Waals surface area (Å²) in [6.07, 6.45) is 0. The van der Waals surface area contributed by atoms with Crippen molar-refractivity contribution in [2.24, 2.45) is 0 Å². The van der Waals surface area contributed by atoms with Gasteiger partial charge < -0.3 is 0 Å². The molecule has 38 valence electrons. The van der Waals surface area contributed by atoms with Crippen LogP contribution in [-0.2, 0) is 0 Å². The predicted octanol–water partition coefficient (Wildman–Crippen LogP) is 0.619. The molecule has 0 aliphatic rings. The third kappa shape index (κ3) is 1.09. The van der Waals surface area contributed by atoms with Gasteiger partial charge in [-0.05, 0) is 12.1 Å². The van der Waals surface area contributed by atoms with E-state index in [9.17, 15) is 4.39 Å². The second kappa shape index (κ2) is 1.99. The van der Waals surface area contributed by atoms with Crippen LogP contribution < -0.4 is 5.46 Å². The van der Waals surface area contributed by atoms with Crippen LogP contribution in [0.3, 0.4) is 0 Å². The number of rotatable bonds is 0. The maximum Gasteiger partial charge on any atom is 0.123 e. The highest BCUT2D eigenvalue weighted by molar-refractivity contribution is 6.32. The van der Waals surface area contributed by atoms with E-state index in [1.165, 1.54) is 24.3 Å². The average Bonchev–Trinajstić information content (AvgIpc) is 1.77. The molecule has 1 aromatic rings. The van der Waals surface area contributed by atoms with Gasteiger partial charge in [0.15, 0.2) is 0 Å². The predicted molar refractivity (Wildman–Crippen MR) is 31.8 cm³/mol. The van der Waals surface area contributed by atoms with Gasteiger partial charge in [0, 0.05) is 0 Å². The van der Waals surface area contributed by atoms with Crippen LogP contribution in [0.25, 0.3) is 0 Å². The highest BCUT2D eigenvalue weighted by Crippen LogP contribution is 1.89. The van der Waals surface area contributed by atoms with E-state index in [-0.39, 0.29) is 5.82 Å². The quantitative estimate of drug-likeness (QED) is 0.425. The van der Waals surface area contributed by atoms with Crippen LogP contribution in [-0.4, -0.2) is 7.85 Å². The molecule has 0 atom stereocenters. The molecule has 0 aliphatic heterocycles. The number of benzene rings is 1. The molecule has 0 N–H and O–H groups in total. The van der Waals surface area contributed by atoms with Crippen LogP contribution in [0.1, 0.15) is 0 Å². The summed E-state index contributed by atoms with van der Waals surface area (Å²) in [7, 11) is 5.26. The van der Waals surface area contributed by atoms with Crippen molar-refractivity contribution >= 4 is 13.3 Å². The molecule has 0 saturated carbocycles. The van der Waals surface area contributed by atoms with Crippen molar-refractivity contribution in [3.05, 3.63) is 30.1 Å². The molecular weight excluding hydrogens is 102 g/mol. The van der Waals surface area contributed by atoms with Gasteiger partial charge in [-0.3, -0.25) is 0 Å². The Morgan fingerprint density at radius 1 is 1.12 bits per heavy atom. The number of hydrogen-bond donors (Lipinski definition) is 0. The van der Waals surface area contributed by atoms with E-state index >= 15 is 0 Å². The highest BCUT2D eigenvalue weighted by Gasteiger charge is 1.83. The standard InChI is InChI=1S/C6H4BF/c7-5-1-3-6(8)4-2-5/h1-4H. The van der Waals surface area contributed by atoms with Gasteiger partial charge in [0.05, 0.1) is 0 Å². The second-order valence-electron chi connectivity index (χ2n) is 1.55. The minimum absolute atomic E-state index is 0.251. The van der Waals surface area contributed by atoms with Gasteiger partial charge in [0.25, 0.3) is 0 Å². The monoisotopic (exact) mass is 106 g/mol. The van der Waals surface area contributed by atoms with E-state index in [2.05, 4.69) is 0 Å². The van der Waals surface area contributed by atoms with Crippen LogP contribution in [0.4, 0.5) is 4.39 Å². The maximum atomic E-state index is 12.0. The average molecular weight is 106 g/mol. The molecule has 0 saturated heterocycles. The van der Waals surface area contributed by atoms with Crippen molar-refractivity contribution in [1.82, 2.24) is 0 Å². The Labute approximate surface area is 48.7 Å². The molecule has 0 unspecified atom stereocenters. The summed E-state index contributed by atoms with van der Waals surface area (Å²) in [5, 5.41) is 0. The lowest BCUT2D eigenvalue weighted by molar-refractivity contribution is 0.628. The highest BCUT2D eigenvalue weighted by atomic mass is 19.1. The smallest absolute Gasteiger partial charge is 0.123 e. The molecule has 0 aromatic heterocycles. The largest absolute Gasteiger partial charge is 0.207 e. The zero-order valence-corrected chi connectivity index (χ0v) is 4.26. The number of hydrogen-bond acceptors (Lipinski definition) is 0. The van der Waals surface area contributed by atoms with Gasteiger partial charge in [-0.25, -0.2) is 4.39 Å². The topological polar surface area (TPSA) is 0 Å². The Balaban J connectivity index is 3.03. The fourth-order valence-corrected chi connectivity index (χ4v) is 0.463. The van der Waals surface area contributed by atoms with Crippen molar-refractivity contribution in [1.29, 1.82) is 0 Å². The molecule has 2 heteroatoms. The molecule has 8 heavy (non-hydrogen) atoms. The minimum atomic E-state index is -0.251. The Hall–Kier alpha value is -0.785. The molecule has 0 fully saturated rings. The summed E-state index contributed by atoms with van der Waals surface area (Å²) >= 11 is 0. The molecular formula is C6H4BF. The van der Waals surface area contributed by atoms with Gasteiger partial charge in [0.2, 0.25) is 0 Å². The van der Waals surface area contributed by atoms with E-state index in [0.717, 1.165) is 0 Å². The van der Waals surface area contributed by atoms with E-state index in [1.807, 2.05) is 0 Å². The van der Waals surface area contributed by atoms with E-state index in [1.54, 1.807) is 0 Å². The van der Waals surface area contributed by atoms with Crippen LogP contribution >= 0.6 is 0 Å². The first-order valence-corrected chi connectivity index (χ1v) is 2.30. The van der Waals surface area contributed by atoms with E-state index < -0.39 is 0 Å². The zero-order chi connectivity index (χ0) is 5.98. The molecule has 1 rings (SSSR count). The first kappa shape index (κ1) is 5.35. The minimum Gasteiger partial charge on any atom is -0.207 e. The summed E-state index contributed by atoms with van der Waals surface area (Å²) in [5.41, 5.74) is 0.589. The molecule has 0 bridgehead atoms. The molecule has 0 aliphatic carbocycles. The van der Waals surface area contributed by atoms with E-state index in [4.69, 9.17) is 7.85 Å². The zero-order valence-electron chi connectivity index (χ0n) is 4.26. The Kier molecular flexibility index (Phi) is 1.33. The number of halogens is 1. The first-order valence-electron chi connectivity index (χ1n) is 2.30. The lowest BCUT2D eigenvalue weighted by Crippen LogP contribution is -1.98. The van der Waals surface area contributed by atoms with Crippen molar-refractivity contribution < 1.29 is 4.39 Å². The fraction of sp³-hybridized carbons (Fsp3) is 0. The molecule has 0 nitrogen and oxygen atoms in total.